The van der Waals surface area contributed by atoms with Crippen LogP contribution in [-0.4, -0.2) is 59.0 Å². The second-order valence-electron chi connectivity index (χ2n) is 6.35. The third-order valence-electron chi connectivity index (χ3n) is 4.84. The lowest BCUT2D eigenvalue weighted by Gasteiger charge is -2.36. The van der Waals surface area contributed by atoms with E-state index in [-0.39, 0.29) is 17.4 Å². The number of carbonyl (C=O) groups excluding carboxylic acids is 2. The summed E-state index contributed by atoms with van der Waals surface area (Å²) in [6.07, 6.45) is 1.61. The first-order valence-corrected chi connectivity index (χ1v) is 8.18. The number of nitrogens with zero attached hydrogens (tertiary/aromatic N) is 2. The molecule has 3 rings (SSSR count). The summed E-state index contributed by atoms with van der Waals surface area (Å²) in [6.45, 7) is 1.31. The van der Waals surface area contributed by atoms with Gasteiger partial charge in [0.1, 0.15) is 11.6 Å². The molecule has 0 bridgehead atoms. The van der Waals surface area contributed by atoms with Gasteiger partial charge < -0.3 is 14.9 Å². The van der Waals surface area contributed by atoms with Crippen LogP contribution < -0.4 is 0 Å². The van der Waals surface area contributed by atoms with Gasteiger partial charge in [0, 0.05) is 32.2 Å². The number of aliphatic hydroxyl groups is 1. The molecule has 1 aromatic rings. The van der Waals surface area contributed by atoms with Gasteiger partial charge in [-0.2, -0.15) is 0 Å². The minimum Gasteiger partial charge on any atom is -0.392 e. The van der Waals surface area contributed by atoms with Crippen LogP contribution in [0.25, 0.3) is 0 Å². The molecule has 2 aliphatic rings. The molecule has 24 heavy (non-hydrogen) atoms. The van der Waals surface area contributed by atoms with Gasteiger partial charge in [0.05, 0.1) is 17.6 Å². The highest BCUT2D eigenvalue weighted by molar-refractivity contribution is 5.94. The fraction of sp³-hybridized carbons (Fsp3) is 0.529. The molecule has 2 atom stereocenters. The van der Waals surface area contributed by atoms with Crippen molar-refractivity contribution in [3.05, 3.63) is 35.4 Å². The molecule has 2 unspecified atom stereocenters. The normalized spacial score (nSPS) is 24.3. The highest BCUT2D eigenvalue weighted by Crippen LogP contribution is 2.27. The van der Waals surface area contributed by atoms with Crippen molar-refractivity contribution in [2.45, 2.75) is 25.4 Å². The standard InChI is InChI=1S/C17H20F2N2O3/c18-11-4-5-12(14(19)10-11)16(23)20-6-8-21(9-7-20)17(24)13-2-1-3-15(13)22/h4-5,10,13,15,22H,1-3,6-9H2. The fourth-order valence-electron chi connectivity index (χ4n) is 3.43. The molecule has 5 nitrogen and oxygen atoms in total. The number of carbonyl (C=O) groups is 2. The van der Waals surface area contributed by atoms with Crippen LogP contribution in [0.5, 0.6) is 0 Å². The van der Waals surface area contributed by atoms with Crippen LogP contribution in [-0.2, 0) is 4.79 Å². The smallest absolute Gasteiger partial charge is 0.256 e. The molecule has 7 heteroatoms. The van der Waals surface area contributed by atoms with Crippen LogP contribution in [0.4, 0.5) is 8.78 Å². The number of hydrogen-bond donors (Lipinski definition) is 1. The Labute approximate surface area is 138 Å². The number of rotatable bonds is 2. The van der Waals surface area contributed by atoms with E-state index in [1.807, 2.05) is 0 Å². The van der Waals surface area contributed by atoms with Crippen molar-refractivity contribution in [2.75, 3.05) is 26.2 Å². The minimum absolute atomic E-state index is 0.0694. The quantitative estimate of drug-likeness (QED) is 0.887. The molecule has 1 heterocycles. The predicted octanol–water partition coefficient (Wildman–Crippen LogP) is 1.41. The molecule has 1 N–H and O–H groups in total. The van der Waals surface area contributed by atoms with E-state index < -0.39 is 23.6 Å². The van der Waals surface area contributed by atoms with Crippen molar-refractivity contribution in [1.29, 1.82) is 0 Å². The summed E-state index contributed by atoms with van der Waals surface area (Å²) in [4.78, 5) is 27.9. The van der Waals surface area contributed by atoms with Crippen molar-refractivity contribution in [3.63, 3.8) is 0 Å². The van der Waals surface area contributed by atoms with Crippen LogP contribution >= 0.6 is 0 Å². The molecular weight excluding hydrogens is 318 g/mol. The van der Waals surface area contributed by atoms with E-state index in [0.29, 0.717) is 45.1 Å². The summed E-state index contributed by atoms with van der Waals surface area (Å²) in [5.74, 6) is -2.52. The van der Waals surface area contributed by atoms with Crippen molar-refractivity contribution in [3.8, 4) is 0 Å². The predicted molar refractivity (Wildman–Crippen MR) is 82.2 cm³/mol. The second kappa shape index (κ2) is 6.84. The first kappa shape index (κ1) is 16.8. The summed E-state index contributed by atoms with van der Waals surface area (Å²) >= 11 is 0. The Morgan fingerprint density at radius 1 is 1.04 bits per heavy atom. The van der Waals surface area contributed by atoms with Gasteiger partial charge in [-0.25, -0.2) is 8.78 Å². The van der Waals surface area contributed by atoms with E-state index in [2.05, 4.69) is 0 Å². The number of aliphatic hydroxyl groups excluding tert-OH is 1. The van der Waals surface area contributed by atoms with E-state index in [1.54, 1.807) is 4.90 Å². The van der Waals surface area contributed by atoms with Gasteiger partial charge in [-0.05, 0) is 31.4 Å². The topological polar surface area (TPSA) is 60.9 Å². The zero-order valence-corrected chi connectivity index (χ0v) is 13.3. The number of hydrogen-bond acceptors (Lipinski definition) is 3. The molecule has 1 saturated carbocycles. The summed E-state index contributed by atoms with van der Waals surface area (Å²) in [7, 11) is 0. The molecule has 1 aliphatic carbocycles. The third kappa shape index (κ3) is 3.26. The third-order valence-corrected chi connectivity index (χ3v) is 4.84. The Kier molecular flexibility index (Phi) is 4.80. The largest absolute Gasteiger partial charge is 0.392 e. The van der Waals surface area contributed by atoms with Gasteiger partial charge >= 0.3 is 0 Å². The second-order valence-corrected chi connectivity index (χ2v) is 6.35. The summed E-state index contributed by atoms with van der Waals surface area (Å²) in [6, 6.07) is 2.88. The van der Waals surface area contributed by atoms with Gasteiger partial charge in [-0.15, -0.1) is 0 Å². The lowest BCUT2D eigenvalue weighted by Crippen LogP contribution is -2.52. The highest BCUT2D eigenvalue weighted by atomic mass is 19.1. The van der Waals surface area contributed by atoms with Crippen molar-refractivity contribution in [1.82, 2.24) is 9.80 Å². The molecule has 1 aliphatic heterocycles. The van der Waals surface area contributed by atoms with E-state index >= 15 is 0 Å². The monoisotopic (exact) mass is 338 g/mol. The van der Waals surface area contributed by atoms with Gasteiger partial charge in [0.15, 0.2) is 0 Å². The Balaban J connectivity index is 1.60. The Morgan fingerprint density at radius 2 is 1.71 bits per heavy atom. The molecular formula is C17H20F2N2O3. The van der Waals surface area contributed by atoms with Crippen molar-refractivity contribution < 1.29 is 23.5 Å². The average Bonchev–Trinajstić information content (AvgIpc) is 3.00. The van der Waals surface area contributed by atoms with Crippen LogP contribution in [0.2, 0.25) is 0 Å². The van der Waals surface area contributed by atoms with E-state index in [4.69, 9.17) is 0 Å². The van der Waals surface area contributed by atoms with Crippen LogP contribution in [0.3, 0.4) is 0 Å². The van der Waals surface area contributed by atoms with Gasteiger partial charge in [0.25, 0.3) is 5.91 Å². The van der Waals surface area contributed by atoms with Crippen LogP contribution in [0, 0.1) is 17.6 Å². The molecule has 130 valence electrons. The van der Waals surface area contributed by atoms with E-state index in [9.17, 15) is 23.5 Å². The number of halogens is 2. The fourth-order valence-corrected chi connectivity index (χ4v) is 3.43. The van der Waals surface area contributed by atoms with Gasteiger partial charge in [-0.1, -0.05) is 0 Å². The van der Waals surface area contributed by atoms with Crippen molar-refractivity contribution >= 4 is 11.8 Å². The van der Waals surface area contributed by atoms with Crippen molar-refractivity contribution in [2.24, 2.45) is 5.92 Å². The zero-order chi connectivity index (χ0) is 17.3. The Bertz CT molecular complexity index is 645. The Hall–Kier alpha value is -2.02. The van der Waals surface area contributed by atoms with E-state index in [0.717, 1.165) is 18.6 Å². The van der Waals surface area contributed by atoms with Crippen LogP contribution in [0.1, 0.15) is 29.6 Å². The van der Waals surface area contributed by atoms with Gasteiger partial charge in [-0.3, -0.25) is 9.59 Å². The molecule has 0 radical (unpaired) electrons. The lowest BCUT2D eigenvalue weighted by molar-refractivity contribution is -0.139. The molecule has 2 fully saturated rings. The number of piperazine rings is 1. The molecule has 1 saturated heterocycles. The Morgan fingerprint density at radius 3 is 2.29 bits per heavy atom. The summed E-state index contributed by atoms with van der Waals surface area (Å²) < 4.78 is 26.7. The van der Waals surface area contributed by atoms with E-state index in [1.165, 1.54) is 4.90 Å². The molecule has 1 aromatic carbocycles. The first-order valence-electron chi connectivity index (χ1n) is 8.18. The molecule has 0 spiro atoms. The van der Waals surface area contributed by atoms with Gasteiger partial charge in [0.2, 0.25) is 5.91 Å². The minimum atomic E-state index is -0.882. The number of benzene rings is 1. The first-order chi connectivity index (χ1) is 11.5. The summed E-state index contributed by atoms with van der Waals surface area (Å²) in [5.41, 5.74) is -0.164. The maximum Gasteiger partial charge on any atom is 0.256 e. The highest BCUT2D eigenvalue weighted by Gasteiger charge is 2.36. The lowest BCUT2D eigenvalue weighted by atomic mass is 10.0. The molecule has 2 amide bonds. The maximum absolute atomic E-state index is 13.7. The summed E-state index contributed by atoms with van der Waals surface area (Å²) in [5, 5.41) is 9.85. The van der Waals surface area contributed by atoms with Crippen LogP contribution in [0.15, 0.2) is 18.2 Å². The maximum atomic E-state index is 13.7. The average molecular weight is 338 g/mol. The zero-order valence-electron chi connectivity index (χ0n) is 13.3. The SMILES string of the molecule is O=C(c1ccc(F)cc1F)N1CCN(C(=O)C2CCCC2O)CC1. The number of amides is 2. The molecule has 0 aromatic heterocycles.